The van der Waals surface area contributed by atoms with Crippen LogP contribution in [0, 0.1) is 6.92 Å². The second-order valence-electron chi connectivity index (χ2n) is 4.88. The largest absolute Gasteiger partial charge is 0.384 e. The second-order valence-corrected chi connectivity index (χ2v) is 5.66. The van der Waals surface area contributed by atoms with Crippen molar-refractivity contribution >= 4 is 11.3 Å². The molecule has 1 heterocycles. The Morgan fingerprint density at radius 1 is 1.33 bits per heavy atom. The fraction of sp³-hybridized carbons (Fsp3) is 0.333. The van der Waals surface area contributed by atoms with Crippen molar-refractivity contribution in [2.75, 3.05) is 6.54 Å². The highest BCUT2D eigenvalue weighted by atomic mass is 32.1. The third-order valence-electron chi connectivity index (χ3n) is 3.02. The molecule has 0 bridgehead atoms. The van der Waals surface area contributed by atoms with E-state index < -0.39 is 5.60 Å². The maximum Gasteiger partial charge on any atom is 0.1000 e. The highest BCUT2D eigenvalue weighted by Crippen LogP contribution is 2.22. The monoisotopic (exact) mass is 261 g/mol. The first-order valence-electron chi connectivity index (χ1n) is 6.09. The first kappa shape index (κ1) is 13.3. The Kier molecular flexibility index (Phi) is 4.17. The molecule has 1 atom stereocenters. The van der Waals surface area contributed by atoms with Gasteiger partial charge in [0.05, 0.1) is 5.60 Å². The normalized spacial score (nSPS) is 14.4. The molecule has 3 heteroatoms. The van der Waals surface area contributed by atoms with Crippen molar-refractivity contribution in [3.63, 3.8) is 0 Å². The Balaban J connectivity index is 1.89. The average molecular weight is 261 g/mol. The molecule has 2 aromatic rings. The summed E-state index contributed by atoms with van der Waals surface area (Å²) < 4.78 is 0. The van der Waals surface area contributed by atoms with Crippen LogP contribution in [0.25, 0.3) is 0 Å². The Bertz CT molecular complexity index is 491. The molecular weight excluding hydrogens is 242 g/mol. The maximum atomic E-state index is 10.4. The van der Waals surface area contributed by atoms with Gasteiger partial charge in [-0.25, -0.2) is 0 Å². The molecule has 2 rings (SSSR count). The first-order valence-corrected chi connectivity index (χ1v) is 7.03. The predicted octanol–water partition coefficient (Wildman–Crippen LogP) is 3.05. The van der Waals surface area contributed by atoms with Crippen molar-refractivity contribution in [2.24, 2.45) is 0 Å². The van der Waals surface area contributed by atoms with Crippen LogP contribution in [0.2, 0.25) is 0 Å². The number of rotatable bonds is 5. The van der Waals surface area contributed by atoms with E-state index >= 15 is 0 Å². The molecular formula is C15H19NOS. The summed E-state index contributed by atoms with van der Waals surface area (Å²) in [6.07, 6.45) is 0. The molecule has 0 radical (unpaired) electrons. The van der Waals surface area contributed by atoms with Crippen molar-refractivity contribution in [2.45, 2.75) is 26.0 Å². The van der Waals surface area contributed by atoms with Gasteiger partial charge in [0, 0.05) is 13.1 Å². The summed E-state index contributed by atoms with van der Waals surface area (Å²) in [5.74, 6) is 0. The van der Waals surface area contributed by atoms with E-state index in [1.165, 1.54) is 11.1 Å². The maximum absolute atomic E-state index is 10.4. The zero-order valence-corrected chi connectivity index (χ0v) is 11.6. The Morgan fingerprint density at radius 2 is 2.17 bits per heavy atom. The quantitative estimate of drug-likeness (QED) is 0.867. The molecule has 2 N–H and O–H groups in total. The zero-order valence-electron chi connectivity index (χ0n) is 10.8. The molecule has 2 nitrogen and oxygen atoms in total. The zero-order chi connectivity index (χ0) is 13.0. The van der Waals surface area contributed by atoms with Crippen molar-refractivity contribution in [1.29, 1.82) is 0 Å². The Hall–Kier alpha value is -1.16. The fourth-order valence-corrected chi connectivity index (χ4v) is 2.73. The van der Waals surface area contributed by atoms with Gasteiger partial charge in [-0.05, 0) is 41.8 Å². The van der Waals surface area contributed by atoms with E-state index in [1.54, 1.807) is 11.3 Å². The topological polar surface area (TPSA) is 32.3 Å². The number of nitrogens with one attached hydrogen (secondary N) is 1. The highest BCUT2D eigenvalue weighted by Gasteiger charge is 2.22. The summed E-state index contributed by atoms with van der Waals surface area (Å²) in [5.41, 5.74) is 2.68. The summed E-state index contributed by atoms with van der Waals surface area (Å²) in [4.78, 5) is 0. The van der Waals surface area contributed by atoms with Crippen LogP contribution in [-0.2, 0) is 12.1 Å². The van der Waals surface area contributed by atoms with Gasteiger partial charge in [-0.1, -0.05) is 29.8 Å². The van der Waals surface area contributed by atoms with E-state index in [0.717, 1.165) is 12.1 Å². The SMILES string of the molecule is Cc1cccc(CNCC(C)(O)c2ccsc2)c1. The van der Waals surface area contributed by atoms with E-state index in [1.807, 2.05) is 23.8 Å². The van der Waals surface area contributed by atoms with Crippen LogP contribution in [0.3, 0.4) is 0 Å². The van der Waals surface area contributed by atoms with E-state index in [2.05, 4.69) is 36.5 Å². The van der Waals surface area contributed by atoms with Crippen molar-refractivity contribution in [1.82, 2.24) is 5.32 Å². The first-order chi connectivity index (χ1) is 8.58. The number of aryl methyl sites for hydroxylation is 1. The molecule has 0 aliphatic carbocycles. The fourth-order valence-electron chi connectivity index (χ4n) is 1.95. The van der Waals surface area contributed by atoms with Gasteiger partial charge in [0.15, 0.2) is 0 Å². The smallest absolute Gasteiger partial charge is 0.1000 e. The minimum absolute atomic E-state index is 0.553. The third-order valence-corrected chi connectivity index (χ3v) is 3.71. The molecule has 96 valence electrons. The van der Waals surface area contributed by atoms with Crippen LogP contribution in [-0.4, -0.2) is 11.7 Å². The minimum Gasteiger partial charge on any atom is -0.384 e. The van der Waals surface area contributed by atoms with Gasteiger partial charge < -0.3 is 10.4 Å². The molecule has 0 saturated heterocycles. The number of benzene rings is 1. The number of aliphatic hydroxyl groups is 1. The van der Waals surface area contributed by atoms with Crippen molar-refractivity contribution in [3.8, 4) is 0 Å². The van der Waals surface area contributed by atoms with Gasteiger partial charge in [-0.2, -0.15) is 11.3 Å². The predicted molar refractivity (Wildman–Crippen MR) is 76.8 cm³/mol. The van der Waals surface area contributed by atoms with E-state index in [-0.39, 0.29) is 0 Å². The summed E-state index contributed by atoms with van der Waals surface area (Å²) in [6.45, 7) is 5.27. The molecule has 0 saturated carbocycles. The third kappa shape index (κ3) is 3.42. The highest BCUT2D eigenvalue weighted by molar-refractivity contribution is 7.08. The van der Waals surface area contributed by atoms with Crippen LogP contribution < -0.4 is 5.32 Å². The molecule has 1 aromatic carbocycles. The Labute approximate surface area is 112 Å². The van der Waals surface area contributed by atoms with Gasteiger partial charge in [-0.3, -0.25) is 0 Å². The Morgan fingerprint density at radius 3 is 2.83 bits per heavy atom. The van der Waals surface area contributed by atoms with Gasteiger partial charge in [-0.15, -0.1) is 0 Å². The lowest BCUT2D eigenvalue weighted by Gasteiger charge is -2.23. The lowest BCUT2D eigenvalue weighted by molar-refractivity contribution is 0.0571. The summed E-state index contributed by atoms with van der Waals surface area (Å²) >= 11 is 1.61. The minimum atomic E-state index is -0.802. The summed E-state index contributed by atoms with van der Waals surface area (Å²) in [5, 5.41) is 17.6. The lowest BCUT2D eigenvalue weighted by atomic mass is 9.99. The molecule has 0 amide bonds. The van der Waals surface area contributed by atoms with Crippen LogP contribution in [0.15, 0.2) is 41.1 Å². The van der Waals surface area contributed by atoms with Crippen LogP contribution in [0.1, 0.15) is 23.6 Å². The van der Waals surface area contributed by atoms with Gasteiger partial charge in [0.25, 0.3) is 0 Å². The standard InChI is InChI=1S/C15H19NOS/c1-12-4-3-5-13(8-12)9-16-11-15(2,17)14-6-7-18-10-14/h3-8,10,16-17H,9,11H2,1-2H3. The van der Waals surface area contributed by atoms with Crippen LogP contribution in [0.4, 0.5) is 0 Å². The molecule has 1 unspecified atom stereocenters. The molecule has 0 aliphatic heterocycles. The second kappa shape index (κ2) is 5.65. The van der Waals surface area contributed by atoms with Crippen molar-refractivity contribution < 1.29 is 5.11 Å². The van der Waals surface area contributed by atoms with Crippen molar-refractivity contribution in [3.05, 3.63) is 57.8 Å². The molecule has 0 fully saturated rings. The molecule has 1 aromatic heterocycles. The van der Waals surface area contributed by atoms with Gasteiger partial charge >= 0.3 is 0 Å². The van der Waals surface area contributed by atoms with Crippen LogP contribution >= 0.6 is 11.3 Å². The van der Waals surface area contributed by atoms with Gasteiger partial charge in [0.2, 0.25) is 0 Å². The lowest BCUT2D eigenvalue weighted by Crippen LogP contribution is -2.34. The number of hydrogen-bond donors (Lipinski definition) is 2. The van der Waals surface area contributed by atoms with E-state index in [0.29, 0.717) is 6.54 Å². The molecule has 18 heavy (non-hydrogen) atoms. The number of thiophene rings is 1. The van der Waals surface area contributed by atoms with Gasteiger partial charge in [0.1, 0.15) is 0 Å². The average Bonchev–Trinajstić information content (AvgIpc) is 2.83. The molecule has 0 aliphatic rings. The van der Waals surface area contributed by atoms with E-state index in [9.17, 15) is 5.11 Å². The summed E-state index contributed by atoms with van der Waals surface area (Å²) in [6, 6.07) is 10.4. The summed E-state index contributed by atoms with van der Waals surface area (Å²) in [7, 11) is 0. The number of hydrogen-bond acceptors (Lipinski definition) is 3. The van der Waals surface area contributed by atoms with E-state index in [4.69, 9.17) is 0 Å². The molecule has 0 spiro atoms. The van der Waals surface area contributed by atoms with Crippen LogP contribution in [0.5, 0.6) is 0 Å².